The predicted octanol–water partition coefficient (Wildman–Crippen LogP) is 3.52. The maximum absolute atomic E-state index is 12.6. The summed E-state index contributed by atoms with van der Waals surface area (Å²) in [6.45, 7) is 8.29. The molecule has 9 heteroatoms. The number of amides is 1. The number of nitriles is 1. The summed E-state index contributed by atoms with van der Waals surface area (Å²) in [5, 5.41) is 21.1. The van der Waals surface area contributed by atoms with Crippen molar-refractivity contribution in [3.63, 3.8) is 0 Å². The topological polar surface area (TPSA) is 102 Å². The van der Waals surface area contributed by atoms with Crippen LogP contribution in [0.5, 0.6) is 0 Å². The molecule has 0 aliphatic rings. The van der Waals surface area contributed by atoms with E-state index in [0.29, 0.717) is 23.1 Å². The van der Waals surface area contributed by atoms with Crippen molar-refractivity contribution in [2.24, 2.45) is 0 Å². The van der Waals surface area contributed by atoms with E-state index in [1.54, 1.807) is 12.6 Å². The molecule has 0 aliphatic carbocycles. The monoisotopic (exact) mass is 398 g/mol. The third-order valence-electron chi connectivity index (χ3n) is 4.52. The Morgan fingerprint density at radius 3 is 2.86 bits per heavy atom. The van der Waals surface area contributed by atoms with Crippen molar-refractivity contribution in [2.75, 3.05) is 11.1 Å². The van der Waals surface area contributed by atoms with E-state index in [-0.39, 0.29) is 17.7 Å². The molecule has 3 aromatic rings. The van der Waals surface area contributed by atoms with Crippen LogP contribution in [0.4, 0.5) is 5.82 Å². The number of nitrogens with one attached hydrogen (secondary N) is 1. The molecule has 8 nitrogen and oxygen atoms in total. The Morgan fingerprint density at radius 1 is 1.43 bits per heavy atom. The fraction of sp³-hybridized carbons (Fsp3) is 0.368. The molecule has 3 aromatic heterocycles. The molecule has 3 heterocycles. The van der Waals surface area contributed by atoms with Gasteiger partial charge in [-0.05, 0) is 45.4 Å². The Labute approximate surface area is 167 Å². The van der Waals surface area contributed by atoms with Crippen LogP contribution in [0, 0.1) is 25.2 Å². The highest BCUT2D eigenvalue weighted by Gasteiger charge is 2.21. The lowest BCUT2D eigenvalue weighted by molar-refractivity contribution is -0.113. The lowest BCUT2D eigenvalue weighted by atomic mass is 10.2. The van der Waals surface area contributed by atoms with Gasteiger partial charge in [-0.3, -0.25) is 4.79 Å². The number of hydrogen-bond acceptors (Lipinski definition) is 6. The lowest BCUT2D eigenvalue weighted by Gasteiger charge is -2.12. The Morgan fingerprint density at radius 2 is 2.21 bits per heavy atom. The van der Waals surface area contributed by atoms with Crippen molar-refractivity contribution in [3.05, 3.63) is 47.3 Å². The SMILES string of the molecule is Cc1c(C#N)c(NC(=O)CSc2nncn2C(C)C)n(Cc2ccco2)c1C. The first-order valence-corrected chi connectivity index (χ1v) is 9.85. The van der Waals surface area contributed by atoms with Crippen LogP contribution in [-0.4, -0.2) is 31.0 Å². The minimum absolute atomic E-state index is 0.167. The van der Waals surface area contributed by atoms with E-state index in [1.165, 1.54) is 11.8 Å². The molecule has 28 heavy (non-hydrogen) atoms. The van der Waals surface area contributed by atoms with Crippen molar-refractivity contribution < 1.29 is 9.21 Å². The second-order valence-corrected chi connectivity index (χ2v) is 7.61. The van der Waals surface area contributed by atoms with Crippen molar-refractivity contribution in [2.45, 2.75) is 45.4 Å². The smallest absolute Gasteiger partial charge is 0.235 e. The van der Waals surface area contributed by atoms with Gasteiger partial charge in [-0.25, -0.2) is 0 Å². The fourth-order valence-corrected chi connectivity index (χ4v) is 3.72. The number of nitrogens with zero attached hydrogens (tertiary/aromatic N) is 5. The molecule has 3 rings (SSSR count). The van der Waals surface area contributed by atoms with Gasteiger partial charge in [-0.15, -0.1) is 10.2 Å². The predicted molar refractivity (Wildman–Crippen MR) is 106 cm³/mol. The number of anilines is 1. The number of carbonyl (C=O) groups is 1. The highest BCUT2D eigenvalue weighted by molar-refractivity contribution is 7.99. The Bertz CT molecular complexity index is 1010. The average molecular weight is 398 g/mol. The van der Waals surface area contributed by atoms with Gasteiger partial charge in [0.1, 0.15) is 24.0 Å². The minimum Gasteiger partial charge on any atom is -0.467 e. The summed E-state index contributed by atoms with van der Waals surface area (Å²) in [4.78, 5) is 12.6. The van der Waals surface area contributed by atoms with Gasteiger partial charge in [0.05, 0.1) is 24.1 Å². The van der Waals surface area contributed by atoms with Crippen LogP contribution in [0.1, 0.15) is 42.5 Å². The van der Waals surface area contributed by atoms with Crippen molar-refractivity contribution in [1.82, 2.24) is 19.3 Å². The Balaban J connectivity index is 1.79. The van der Waals surface area contributed by atoms with Gasteiger partial charge in [-0.1, -0.05) is 11.8 Å². The van der Waals surface area contributed by atoms with Crippen molar-refractivity contribution >= 4 is 23.5 Å². The van der Waals surface area contributed by atoms with Crippen LogP contribution < -0.4 is 5.32 Å². The Kier molecular flexibility index (Phi) is 5.90. The van der Waals surface area contributed by atoms with Gasteiger partial charge < -0.3 is 18.9 Å². The number of furan rings is 1. The average Bonchev–Trinajstić information content (AvgIpc) is 3.38. The Hall–Kier alpha value is -2.99. The highest BCUT2D eigenvalue weighted by Crippen LogP contribution is 2.28. The number of thioether (sulfide) groups is 1. The van der Waals surface area contributed by atoms with Crippen LogP contribution in [0.3, 0.4) is 0 Å². The van der Waals surface area contributed by atoms with E-state index in [9.17, 15) is 10.1 Å². The molecule has 1 N–H and O–H groups in total. The molecule has 0 spiro atoms. The van der Waals surface area contributed by atoms with Gasteiger partial charge >= 0.3 is 0 Å². The molecule has 1 amide bonds. The summed E-state index contributed by atoms with van der Waals surface area (Å²) in [6.07, 6.45) is 3.26. The number of aromatic nitrogens is 4. The third-order valence-corrected chi connectivity index (χ3v) is 5.48. The van der Waals surface area contributed by atoms with Crippen LogP contribution >= 0.6 is 11.8 Å². The van der Waals surface area contributed by atoms with E-state index in [4.69, 9.17) is 4.42 Å². The van der Waals surface area contributed by atoms with Gasteiger partial charge in [0.25, 0.3) is 0 Å². The summed E-state index contributed by atoms with van der Waals surface area (Å²) < 4.78 is 9.23. The van der Waals surface area contributed by atoms with Gasteiger partial charge in [0.2, 0.25) is 5.91 Å². The molecule has 0 aromatic carbocycles. The zero-order valence-electron chi connectivity index (χ0n) is 16.3. The number of carbonyl (C=O) groups excluding carboxylic acids is 1. The van der Waals surface area contributed by atoms with E-state index in [1.807, 2.05) is 49.0 Å². The largest absolute Gasteiger partial charge is 0.467 e. The maximum Gasteiger partial charge on any atom is 0.235 e. The first kappa shape index (κ1) is 19.8. The second-order valence-electron chi connectivity index (χ2n) is 6.66. The van der Waals surface area contributed by atoms with E-state index >= 15 is 0 Å². The molecular weight excluding hydrogens is 376 g/mol. The fourth-order valence-electron chi connectivity index (χ4n) is 2.87. The standard InChI is InChI=1S/C19H22N6O2S/c1-12(2)25-11-21-23-19(25)28-10-17(26)22-18-16(8-20)13(3)14(4)24(18)9-15-6-5-7-27-15/h5-7,11-12H,9-10H2,1-4H3,(H,22,26). The molecule has 0 bridgehead atoms. The van der Waals surface area contributed by atoms with Crippen LogP contribution in [0.25, 0.3) is 0 Å². The van der Waals surface area contributed by atoms with Crippen LogP contribution in [-0.2, 0) is 11.3 Å². The first-order chi connectivity index (χ1) is 13.4. The highest BCUT2D eigenvalue weighted by atomic mass is 32.2. The van der Waals surface area contributed by atoms with Crippen LogP contribution in [0.15, 0.2) is 34.3 Å². The molecule has 0 aliphatic heterocycles. The quantitative estimate of drug-likeness (QED) is 0.611. The van der Waals surface area contributed by atoms with E-state index in [0.717, 1.165) is 17.0 Å². The van der Waals surface area contributed by atoms with Crippen LogP contribution in [0.2, 0.25) is 0 Å². The summed E-state index contributed by atoms with van der Waals surface area (Å²) in [6, 6.07) is 6.09. The van der Waals surface area contributed by atoms with E-state index in [2.05, 4.69) is 21.6 Å². The summed E-state index contributed by atoms with van der Waals surface area (Å²) in [5.41, 5.74) is 2.22. The molecular formula is C19H22N6O2S. The normalized spacial score (nSPS) is 11.0. The first-order valence-electron chi connectivity index (χ1n) is 8.86. The summed E-state index contributed by atoms with van der Waals surface area (Å²) in [5.74, 6) is 1.20. The third kappa shape index (κ3) is 3.97. The lowest BCUT2D eigenvalue weighted by Crippen LogP contribution is -2.19. The molecule has 0 unspecified atom stereocenters. The van der Waals surface area contributed by atoms with Gasteiger partial charge in [0.15, 0.2) is 5.16 Å². The molecule has 0 atom stereocenters. The molecule has 0 fully saturated rings. The molecule has 0 radical (unpaired) electrons. The van der Waals surface area contributed by atoms with Crippen molar-refractivity contribution in [1.29, 1.82) is 5.26 Å². The molecule has 0 saturated heterocycles. The van der Waals surface area contributed by atoms with Gasteiger partial charge in [-0.2, -0.15) is 5.26 Å². The number of rotatable bonds is 7. The molecule has 0 saturated carbocycles. The van der Waals surface area contributed by atoms with Gasteiger partial charge in [0, 0.05) is 11.7 Å². The van der Waals surface area contributed by atoms with Crippen molar-refractivity contribution in [3.8, 4) is 6.07 Å². The summed E-state index contributed by atoms with van der Waals surface area (Å²) >= 11 is 1.31. The van der Waals surface area contributed by atoms with E-state index < -0.39 is 0 Å². The zero-order chi connectivity index (χ0) is 20.3. The number of hydrogen-bond donors (Lipinski definition) is 1. The second kappa shape index (κ2) is 8.35. The summed E-state index contributed by atoms with van der Waals surface area (Å²) in [7, 11) is 0. The minimum atomic E-state index is -0.210. The molecule has 146 valence electrons. The zero-order valence-corrected chi connectivity index (χ0v) is 17.1. The maximum atomic E-state index is 12.6.